The summed E-state index contributed by atoms with van der Waals surface area (Å²) in [5, 5.41) is 0. The molecule has 0 spiro atoms. The SMILES string of the molecule is COc1ccc(CN(C)C(=O)NNC(=O)c2ccccc2)cc1F. The predicted octanol–water partition coefficient (Wildman–Crippen LogP) is 2.32. The highest BCUT2D eigenvalue weighted by Gasteiger charge is 2.12. The Bertz CT molecular complexity index is 722. The lowest BCUT2D eigenvalue weighted by Gasteiger charge is -2.18. The molecule has 0 radical (unpaired) electrons. The summed E-state index contributed by atoms with van der Waals surface area (Å²) in [5.74, 6) is -0.782. The van der Waals surface area contributed by atoms with Crippen molar-refractivity contribution >= 4 is 11.9 Å². The first-order chi connectivity index (χ1) is 11.5. The van der Waals surface area contributed by atoms with Crippen molar-refractivity contribution in [3.05, 3.63) is 65.5 Å². The molecule has 126 valence electrons. The first-order valence-electron chi connectivity index (χ1n) is 7.20. The van der Waals surface area contributed by atoms with Crippen LogP contribution in [0.4, 0.5) is 9.18 Å². The third-order valence-corrected chi connectivity index (χ3v) is 3.30. The maximum Gasteiger partial charge on any atom is 0.336 e. The lowest BCUT2D eigenvalue weighted by Crippen LogP contribution is -2.47. The Morgan fingerprint density at radius 2 is 1.83 bits per heavy atom. The molecule has 2 N–H and O–H groups in total. The number of benzene rings is 2. The molecule has 0 aromatic heterocycles. The van der Waals surface area contributed by atoms with E-state index >= 15 is 0 Å². The van der Waals surface area contributed by atoms with Gasteiger partial charge in [-0.05, 0) is 29.8 Å². The molecule has 0 aliphatic heterocycles. The minimum Gasteiger partial charge on any atom is -0.494 e. The number of nitrogens with zero attached hydrogens (tertiary/aromatic N) is 1. The molecule has 7 heteroatoms. The minimum absolute atomic E-state index is 0.140. The van der Waals surface area contributed by atoms with Gasteiger partial charge in [-0.3, -0.25) is 10.2 Å². The van der Waals surface area contributed by atoms with Crippen molar-refractivity contribution in [2.75, 3.05) is 14.2 Å². The third kappa shape index (κ3) is 4.45. The highest BCUT2D eigenvalue weighted by atomic mass is 19.1. The molecular weight excluding hydrogens is 313 g/mol. The van der Waals surface area contributed by atoms with Gasteiger partial charge in [0.1, 0.15) is 0 Å². The van der Waals surface area contributed by atoms with Gasteiger partial charge in [0.15, 0.2) is 11.6 Å². The number of halogens is 1. The van der Waals surface area contributed by atoms with Crippen LogP contribution in [0.3, 0.4) is 0 Å². The van der Waals surface area contributed by atoms with Gasteiger partial charge in [0.2, 0.25) is 0 Å². The average Bonchev–Trinajstić information content (AvgIpc) is 2.60. The number of hydrogen-bond acceptors (Lipinski definition) is 3. The second kappa shape index (κ2) is 7.96. The number of urea groups is 1. The first kappa shape index (κ1) is 17.3. The summed E-state index contributed by atoms with van der Waals surface area (Å²) in [6.45, 7) is 0.175. The molecule has 0 aliphatic carbocycles. The second-order valence-corrected chi connectivity index (χ2v) is 5.08. The van der Waals surface area contributed by atoms with Crippen LogP contribution in [-0.4, -0.2) is 31.0 Å². The molecule has 0 saturated carbocycles. The van der Waals surface area contributed by atoms with E-state index in [0.717, 1.165) is 0 Å². The van der Waals surface area contributed by atoms with Crippen LogP contribution in [0.2, 0.25) is 0 Å². The van der Waals surface area contributed by atoms with Crippen molar-refractivity contribution in [3.8, 4) is 5.75 Å². The number of ether oxygens (including phenoxy) is 1. The van der Waals surface area contributed by atoms with E-state index in [2.05, 4.69) is 10.9 Å². The average molecular weight is 331 g/mol. The summed E-state index contributed by atoms with van der Waals surface area (Å²) in [6, 6.07) is 12.4. The zero-order valence-corrected chi connectivity index (χ0v) is 13.4. The molecule has 0 fully saturated rings. The fourth-order valence-corrected chi connectivity index (χ4v) is 2.02. The van der Waals surface area contributed by atoms with E-state index in [-0.39, 0.29) is 12.3 Å². The quantitative estimate of drug-likeness (QED) is 0.845. The van der Waals surface area contributed by atoms with Crippen LogP contribution in [0.5, 0.6) is 5.75 Å². The molecule has 2 aromatic rings. The Hall–Kier alpha value is -3.09. The van der Waals surface area contributed by atoms with Crippen LogP contribution < -0.4 is 15.6 Å². The van der Waals surface area contributed by atoms with Gasteiger partial charge in [-0.15, -0.1) is 0 Å². The van der Waals surface area contributed by atoms with Gasteiger partial charge in [0.05, 0.1) is 7.11 Å². The van der Waals surface area contributed by atoms with Gasteiger partial charge in [0, 0.05) is 19.2 Å². The van der Waals surface area contributed by atoms with Gasteiger partial charge >= 0.3 is 6.03 Å². The van der Waals surface area contributed by atoms with E-state index in [4.69, 9.17) is 4.74 Å². The number of rotatable bonds is 4. The van der Waals surface area contributed by atoms with E-state index in [1.54, 1.807) is 36.4 Å². The number of carbonyl (C=O) groups is 2. The number of methoxy groups -OCH3 is 1. The summed E-state index contributed by atoms with van der Waals surface area (Å²) in [5.41, 5.74) is 5.65. The molecule has 6 nitrogen and oxygen atoms in total. The van der Waals surface area contributed by atoms with Crippen LogP contribution >= 0.6 is 0 Å². The number of hydrogen-bond donors (Lipinski definition) is 2. The molecule has 0 heterocycles. The number of hydrazine groups is 1. The van der Waals surface area contributed by atoms with Gasteiger partial charge in [0.25, 0.3) is 5.91 Å². The van der Waals surface area contributed by atoms with Gasteiger partial charge < -0.3 is 9.64 Å². The largest absolute Gasteiger partial charge is 0.494 e. The highest BCUT2D eigenvalue weighted by molar-refractivity contribution is 5.95. The van der Waals surface area contributed by atoms with Crippen LogP contribution in [0.25, 0.3) is 0 Å². The summed E-state index contributed by atoms with van der Waals surface area (Å²) in [4.78, 5) is 25.1. The van der Waals surface area contributed by atoms with E-state index in [1.807, 2.05) is 0 Å². The van der Waals surface area contributed by atoms with Crippen molar-refractivity contribution in [1.29, 1.82) is 0 Å². The molecule has 0 saturated heterocycles. The number of nitrogens with one attached hydrogen (secondary N) is 2. The summed E-state index contributed by atoms with van der Waals surface area (Å²) in [7, 11) is 2.92. The number of carbonyl (C=O) groups excluding carboxylic acids is 2. The first-order valence-corrected chi connectivity index (χ1v) is 7.20. The van der Waals surface area contributed by atoms with E-state index < -0.39 is 17.8 Å². The second-order valence-electron chi connectivity index (χ2n) is 5.08. The molecule has 24 heavy (non-hydrogen) atoms. The Labute approximate surface area is 139 Å². The topological polar surface area (TPSA) is 70.7 Å². The van der Waals surface area contributed by atoms with Crippen LogP contribution in [0.1, 0.15) is 15.9 Å². The third-order valence-electron chi connectivity index (χ3n) is 3.30. The monoisotopic (exact) mass is 331 g/mol. The molecule has 0 atom stereocenters. The Morgan fingerprint density at radius 1 is 1.12 bits per heavy atom. The predicted molar refractivity (Wildman–Crippen MR) is 86.9 cm³/mol. The zero-order chi connectivity index (χ0) is 17.5. The van der Waals surface area contributed by atoms with Crippen molar-refractivity contribution in [3.63, 3.8) is 0 Å². The van der Waals surface area contributed by atoms with Gasteiger partial charge in [-0.1, -0.05) is 24.3 Å². The number of amides is 3. The van der Waals surface area contributed by atoms with Crippen molar-refractivity contribution < 1.29 is 18.7 Å². The lowest BCUT2D eigenvalue weighted by molar-refractivity contribution is 0.0931. The summed E-state index contributed by atoms with van der Waals surface area (Å²) in [6.07, 6.45) is 0. The minimum atomic E-state index is -0.518. The van der Waals surface area contributed by atoms with Crippen LogP contribution in [0.15, 0.2) is 48.5 Å². The van der Waals surface area contributed by atoms with Crippen molar-refractivity contribution in [2.45, 2.75) is 6.54 Å². The van der Waals surface area contributed by atoms with Crippen molar-refractivity contribution in [1.82, 2.24) is 15.8 Å². The lowest BCUT2D eigenvalue weighted by atomic mass is 10.2. The Kier molecular flexibility index (Phi) is 5.73. The molecule has 0 unspecified atom stereocenters. The van der Waals surface area contributed by atoms with E-state index in [9.17, 15) is 14.0 Å². The Morgan fingerprint density at radius 3 is 2.46 bits per heavy atom. The summed E-state index contributed by atoms with van der Waals surface area (Å²) >= 11 is 0. The van der Waals surface area contributed by atoms with E-state index in [0.29, 0.717) is 11.1 Å². The molecule has 0 bridgehead atoms. The normalized spacial score (nSPS) is 9.96. The standard InChI is InChI=1S/C17H18FN3O3/c1-21(11-12-8-9-15(24-2)14(18)10-12)17(23)20-19-16(22)13-6-4-3-5-7-13/h3-10H,11H2,1-2H3,(H,19,22)(H,20,23). The molecule has 0 aliphatic rings. The van der Waals surface area contributed by atoms with Gasteiger partial charge in [-0.25, -0.2) is 14.6 Å². The smallest absolute Gasteiger partial charge is 0.336 e. The zero-order valence-electron chi connectivity index (χ0n) is 13.4. The molecule has 2 rings (SSSR count). The molecule has 2 aromatic carbocycles. The molecular formula is C17H18FN3O3. The van der Waals surface area contributed by atoms with Crippen LogP contribution in [0, 0.1) is 5.82 Å². The van der Waals surface area contributed by atoms with Crippen molar-refractivity contribution in [2.24, 2.45) is 0 Å². The summed E-state index contributed by atoms with van der Waals surface area (Å²) < 4.78 is 18.5. The van der Waals surface area contributed by atoms with Gasteiger partial charge in [-0.2, -0.15) is 0 Å². The maximum atomic E-state index is 13.6. The highest BCUT2D eigenvalue weighted by Crippen LogP contribution is 2.18. The van der Waals surface area contributed by atoms with Crippen LogP contribution in [-0.2, 0) is 6.54 Å². The Balaban J connectivity index is 1.88. The van der Waals surface area contributed by atoms with E-state index in [1.165, 1.54) is 31.2 Å². The fraction of sp³-hybridized carbons (Fsp3) is 0.176. The molecule has 3 amide bonds. The fourth-order valence-electron chi connectivity index (χ4n) is 2.02. The maximum absolute atomic E-state index is 13.6.